The van der Waals surface area contributed by atoms with Gasteiger partial charge in [0.25, 0.3) is 0 Å². The fraction of sp³-hybridized carbons (Fsp3) is 0.114. The molecule has 0 amide bonds. The fourth-order valence-corrected chi connectivity index (χ4v) is 7.86. The van der Waals surface area contributed by atoms with E-state index in [4.69, 9.17) is 4.74 Å². The van der Waals surface area contributed by atoms with Crippen molar-refractivity contribution >= 4 is 41.5 Å². The molecule has 0 atom stereocenters. The van der Waals surface area contributed by atoms with Gasteiger partial charge in [-0.15, -0.1) is 0 Å². The molecule has 39 heavy (non-hydrogen) atoms. The molecule has 0 fully saturated rings. The van der Waals surface area contributed by atoms with Crippen LogP contribution in [0.15, 0.2) is 133 Å². The molecule has 0 aliphatic heterocycles. The average molecular weight is 528 g/mol. The van der Waals surface area contributed by atoms with Gasteiger partial charge in [0.05, 0.1) is 0 Å². The molecule has 0 bridgehead atoms. The van der Waals surface area contributed by atoms with Crippen molar-refractivity contribution in [1.29, 1.82) is 0 Å². The van der Waals surface area contributed by atoms with Crippen molar-refractivity contribution in [3.63, 3.8) is 0 Å². The van der Waals surface area contributed by atoms with E-state index < -0.39 is 8.07 Å². The zero-order valence-electron chi connectivity index (χ0n) is 22.7. The summed E-state index contributed by atoms with van der Waals surface area (Å²) in [6, 6.07) is 47.0. The summed E-state index contributed by atoms with van der Waals surface area (Å²) in [5.74, 6) is -0.254. The summed E-state index contributed by atoms with van der Waals surface area (Å²) in [6.45, 7) is 6.48. The number of hydrogen-bond donors (Lipinski definition) is 0. The molecule has 0 radical (unpaired) electrons. The molecule has 0 aliphatic carbocycles. The van der Waals surface area contributed by atoms with E-state index in [9.17, 15) is 4.79 Å². The van der Waals surface area contributed by atoms with E-state index in [-0.39, 0.29) is 5.97 Å². The van der Waals surface area contributed by atoms with Crippen molar-refractivity contribution in [1.82, 2.24) is 0 Å². The van der Waals surface area contributed by atoms with Gasteiger partial charge in [-0.25, -0.2) is 0 Å². The van der Waals surface area contributed by atoms with Crippen molar-refractivity contribution in [2.24, 2.45) is 0 Å². The lowest BCUT2D eigenvalue weighted by atomic mass is 10.0. The molecule has 3 nitrogen and oxygen atoms in total. The molecule has 0 saturated heterocycles. The second-order valence-corrected chi connectivity index (χ2v) is 14.6. The van der Waals surface area contributed by atoms with Gasteiger partial charge in [0, 0.05) is 24.0 Å². The molecular weight excluding hydrogens is 494 g/mol. The highest BCUT2D eigenvalue weighted by atomic mass is 28.3. The summed E-state index contributed by atoms with van der Waals surface area (Å²) in [5, 5.41) is 2.64. The number of rotatable bonds is 8. The predicted octanol–water partition coefficient (Wildman–Crippen LogP) is 7.71. The van der Waals surface area contributed by atoms with Gasteiger partial charge in [-0.3, -0.25) is 4.79 Å². The quantitative estimate of drug-likeness (QED) is 0.153. The Morgan fingerprint density at radius 1 is 0.615 bits per heavy atom. The second kappa shape index (κ2) is 11.5. The monoisotopic (exact) mass is 527 g/mol. The Labute approximate surface area is 232 Å². The molecule has 4 heteroatoms. The highest BCUT2D eigenvalue weighted by Crippen LogP contribution is 2.35. The van der Waals surface area contributed by atoms with Crippen LogP contribution in [0, 0.1) is 0 Å². The lowest BCUT2D eigenvalue weighted by molar-refractivity contribution is -0.142. The molecule has 5 aromatic rings. The summed E-state index contributed by atoms with van der Waals surface area (Å²) in [5.41, 5.74) is 6.83. The van der Waals surface area contributed by atoms with Gasteiger partial charge in [0.15, 0.2) is 0 Å². The van der Waals surface area contributed by atoms with E-state index in [1.807, 2.05) is 18.2 Å². The van der Waals surface area contributed by atoms with E-state index in [2.05, 4.69) is 133 Å². The van der Waals surface area contributed by atoms with Gasteiger partial charge in [-0.1, -0.05) is 115 Å². The Bertz CT molecular complexity index is 1490. The standard InChI is InChI=1S/C35H33NO2Si/c1-27(37)38-26-30-12-10-11-17-35(30)39(2,3)34-24-20-29(21-25-34)28-18-22-33(23-19-28)36(31-13-6-4-7-14-31)32-15-8-5-9-16-32/h4-25H,26H2,1-3H3. The average Bonchev–Trinajstić information content (AvgIpc) is 2.98. The maximum atomic E-state index is 11.4. The minimum absolute atomic E-state index is 0.254. The number of ether oxygens (including phenoxy) is 1. The number of para-hydroxylation sites is 2. The van der Waals surface area contributed by atoms with Crippen LogP contribution in [0.2, 0.25) is 13.1 Å². The topological polar surface area (TPSA) is 29.5 Å². The third kappa shape index (κ3) is 5.87. The summed E-state index contributed by atoms with van der Waals surface area (Å²) in [7, 11) is -1.99. The van der Waals surface area contributed by atoms with Crippen molar-refractivity contribution in [3.8, 4) is 11.1 Å². The van der Waals surface area contributed by atoms with E-state index >= 15 is 0 Å². The van der Waals surface area contributed by atoms with Gasteiger partial charge >= 0.3 is 5.97 Å². The molecule has 5 rings (SSSR count). The maximum Gasteiger partial charge on any atom is 0.302 e. The molecule has 0 aliphatic rings. The van der Waals surface area contributed by atoms with Crippen LogP contribution in [-0.4, -0.2) is 14.0 Å². The predicted molar refractivity (Wildman–Crippen MR) is 165 cm³/mol. The van der Waals surface area contributed by atoms with Crippen LogP contribution in [0.1, 0.15) is 12.5 Å². The van der Waals surface area contributed by atoms with Gasteiger partial charge in [-0.05, 0) is 58.3 Å². The van der Waals surface area contributed by atoms with Gasteiger partial charge < -0.3 is 9.64 Å². The van der Waals surface area contributed by atoms with Crippen LogP contribution in [0.25, 0.3) is 11.1 Å². The first-order valence-electron chi connectivity index (χ1n) is 13.3. The molecule has 0 spiro atoms. The molecular formula is C35H33NO2Si. The van der Waals surface area contributed by atoms with Crippen LogP contribution in [-0.2, 0) is 16.1 Å². The first-order valence-corrected chi connectivity index (χ1v) is 16.3. The third-order valence-electron chi connectivity index (χ3n) is 7.22. The zero-order valence-corrected chi connectivity index (χ0v) is 23.7. The van der Waals surface area contributed by atoms with Crippen LogP contribution in [0.3, 0.4) is 0 Å². The van der Waals surface area contributed by atoms with Crippen molar-refractivity contribution in [3.05, 3.63) is 139 Å². The van der Waals surface area contributed by atoms with Crippen LogP contribution >= 0.6 is 0 Å². The SMILES string of the molecule is CC(=O)OCc1ccccc1[Si](C)(C)c1ccc(-c2ccc(N(c3ccccc3)c3ccccc3)cc2)cc1. The summed E-state index contributed by atoms with van der Waals surface area (Å²) in [6.07, 6.45) is 0. The number of hydrogen-bond acceptors (Lipinski definition) is 3. The summed E-state index contributed by atoms with van der Waals surface area (Å²) < 4.78 is 5.34. The molecule has 0 heterocycles. The van der Waals surface area contributed by atoms with Gasteiger partial charge in [0.1, 0.15) is 14.7 Å². The number of esters is 1. The minimum Gasteiger partial charge on any atom is -0.461 e. The Morgan fingerprint density at radius 2 is 1.08 bits per heavy atom. The summed E-state index contributed by atoms with van der Waals surface area (Å²) >= 11 is 0. The second-order valence-electron chi connectivity index (χ2n) is 10.2. The fourth-order valence-electron chi connectivity index (χ4n) is 5.07. The lowest BCUT2D eigenvalue weighted by Crippen LogP contribution is -2.54. The van der Waals surface area contributed by atoms with Crippen molar-refractivity contribution in [2.75, 3.05) is 4.90 Å². The van der Waals surface area contributed by atoms with Crippen LogP contribution in [0.4, 0.5) is 17.1 Å². The lowest BCUT2D eigenvalue weighted by Gasteiger charge is -2.27. The summed E-state index contributed by atoms with van der Waals surface area (Å²) in [4.78, 5) is 13.7. The number of nitrogens with zero attached hydrogens (tertiary/aromatic N) is 1. The van der Waals surface area contributed by atoms with E-state index in [0.717, 1.165) is 22.6 Å². The highest BCUT2D eigenvalue weighted by Gasteiger charge is 2.28. The van der Waals surface area contributed by atoms with Crippen molar-refractivity contribution in [2.45, 2.75) is 26.6 Å². The van der Waals surface area contributed by atoms with Crippen molar-refractivity contribution < 1.29 is 9.53 Å². The maximum absolute atomic E-state index is 11.4. The number of benzene rings is 5. The van der Waals surface area contributed by atoms with Crippen LogP contribution < -0.4 is 15.3 Å². The Hall–Kier alpha value is -4.41. The molecule has 0 N–H and O–H groups in total. The molecule has 5 aromatic carbocycles. The van der Waals surface area contributed by atoms with E-state index in [1.54, 1.807) is 0 Å². The number of carbonyl (C=O) groups is 1. The largest absolute Gasteiger partial charge is 0.461 e. The first kappa shape index (κ1) is 26.2. The van der Waals surface area contributed by atoms with Crippen LogP contribution in [0.5, 0.6) is 0 Å². The first-order chi connectivity index (χ1) is 18.9. The molecule has 0 saturated carbocycles. The minimum atomic E-state index is -1.99. The smallest absolute Gasteiger partial charge is 0.302 e. The Kier molecular flexibility index (Phi) is 7.76. The molecule has 0 aromatic heterocycles. The zero-order chi connectivity index (χ0) is 27.2. The highest BCUT2D eigenvalue weighted by molar-refractivity contribution is 7.00. The third-order valence-corrected chi connectivity index (χ3v) is 10.8. The van der Waals surface area contributed by atoms with Gasteiger partial charge in [-0.2, -0.15) is 0 Å². The number of anilines is 3. The van der Waals surface area contributed by atoms with E-state index in [1.165, 1.54) is 28.4 Å². The Balaban J connectivity index is 1.41. The van der Waals surface area contributed by atoms with Gasteiger partial charge in [0.2, 0.25) is 0 Å². The molecule has 0 unspecified atom stereocenters. The number of carbonyl (C=O) groups excluding carboxylic acids is 1. The molecule has 194 valence electrons. The van der Waals surface area contributed by atoms with E-state index in [0.29, 0.717) is 6.61 Å². The Morgan fingerprint density at radius 3 is 1.62 bits per heavy atom. The normalized spacial score (nSPS) is 11.2.